The fourth-order valence-corrected chi connectivity index (χ4v) is 2.82. The molecule has 1 N–H and O–H groups in total. The van der Waals surface area contributed by atoms with Crippen molar-refractivity contribution in [3.63, 3.8) is 0 Å². The molecule has 0 spiro atoms. The third-order valence-electron chi connectivity index (χ3n) is 4.09. The van der Waals surface area contributed by atoms with Crippen LogP contribution in [0.4, 0.5) is 12.9 Å². The molecule has 1 aliphatic heterocycles. The second kappa shape index (κ2) is 8.34. The van der Waals surface area contributed by atoms with Gasteiger partial charge in [0, 0.05) is 38.3 Å². The number of nitrogens with zero attached hydrogens (tertiary/aromatic N) is 1. The van der Waals surface area contributed by atoms with Crippen LogP contribution in [0.1, 0.15) is 22.3 Å². The molecule has 7 heteroatoms. The summed E-state index contributed by atoms with van der Waals surface area (Å²) in [5, 5.41) is 3.23. The Hall–Kier alpha value is 0.191. The number of hydrogen-bond acceptors (Lipinski definition) is 2. The van der Waals surface area contributed by atoms with Crippen molar-refractivity contribution < 1.29 is 64.3 Å². The van der Waals surface area contributed by atoms with Crippen LogP contribution in [0.15, 0.2) is 6.07 Å². The fourth-order valence-electron chi connectivity index (χ4n) is 2.82. The van der Waals surface area contributed by atoms with Gasteiger partial charge in [0.05, 0.1) is 0 Å². The topological polar surface area (TPSA) is 15.3 Å². The van der Waals surface area contributed by atoms with Crippen molar-refractivity contribution in [2.45, 2.75) is 20.4 Å². The van der Waals surface area contributed by atoms with Gasteiger partial charge >= 0.3 is 58.4 Å². The molecule has 0 amide bonds. The molecule has 1 aromatic rings. The monoisotopic (exact) mass is 334 g/mol. The zero-order valence-corrected chi connectivity index (χ0v) is 16.5. The average Bonchev–Trinajstić information content (AvgIpc) is 2.42. The first kappa shape index (κ1) is 20.2. The minimum Gasteiger partial charge on any atom is -0.445 e. The molecule has 0 radical (unpaired) electrons. The normalized spacial score (nSPS) is 16.0. The number of halogens is 3. The molecule has 0 atom stereocenters. The van der Waals surface area contributed by atoms with Crippen LogP contribution in [0.25, 0.3) is 0 Å². The van der Waals surface area contributed by atoms with Crippen LogP contribution in [0.5, 0.6) is 0 Å². The molecule has 0 bridgehead atoms. The second-order valence-corrected chi connectivity index (χ2v) is 5.50. The van der Waals surface area contributed by atoms with Crippen molar-refractivity contribution in [3.05, 3.63) is 28.3 Å². The minimum absolute atomic E-state index is 0. The van der Waals surface area contributed by atoms with Crippen LogP contribution in [0.3, 0.4) is 0 Å². The second-order valence-electron chi connectivity index (χ2n) is 5.50. The molecule has 0 saturated carbocycles. The van der Waals surface area contributed by atoms with Crippen molar-refractivity contribution >= 4 is 12.4 Å². The van der Waals surface area contributed by atoms with E-state index in [1.807, 2.05) is 6.92 Å². The van der Waals surface area contributed by atoms with Crippen LogP contribution < -0.4 is 62.2 Å². The van der Waals surface area contributed by atoms with E-state index in [4.69, 9.17) is 6.42 Å². The van der Waals surface area contributed by atoms with Crippen molar-refractivity contribution in [1.29, 1.82) is 0 Å². The number of rotatable bonds is 3. The smallest absolute Gasteiger partial charge is 0.445 e. The Balaban J connectivity index is 0.00000242. The molecule has 0 aromatic heterocycles. The molecular formula is C15H19BF3KN2. The van der Waals surface area contributed by atoms with Gasteiger partial charge in [-0.1, -0.05) is 17.6 Å². The quantitative estimate of drug-likeness (QED) is 0.549. The predicted molar refractivity (Wildman–Crippen MR) is 80.7 cm³/mol. The van der Waals surface area contributed by atoms with Crippen molar-refractivity contribution in [2.75, 3.05) is 26.2 Å². The van der Waals surface area contributed by atoms with E-state index >= 15 is 0 Å². The largest absolute Gasteiger partial charge is 1.00 e. The first-order valence-electron chi connectivity index (χ1n) is 7.07. The van der Waals surface area contributed by atoms with Gasteiger partial charge < -0.3 is 18.3 Å². The zero-order chi connectivity index (χ0) is 15.6. The van der Waals surface area contributed by atoms with Crippen LogP contribution in [0.2, 0.25) is 0 Å². The maximum Gasteiger partial charge on any atom is 1.00 e. The summed E-state index contributed by atoms with van der Waals surface area (Å²) < 4.78 is 39.7. The van der Waals surface area contributed by atoms with Gasteiger partial charge in [0.25, 0.3) is 0 Å². The number of benzene rings is 1. The Morgan fingerprint density at radius 3 is 2.32 bits per heavy atom. The zero-order valence-electron chi connectivity index (χ0n) is 13.3. The third kappa shape index (κ3) is 4.60. The summed E-state index contributed by atoms with van der Waals surface area (Å²) in [7, 11) is 0. The third-order valence-corrected chi connectivity index (χ3v) is 4.09. The Kier molecular flexibility index (Phi) is 7.67. The molecule has 1 fully saturated rings. The van der Waals surface area contributed by atoms with Crippen LogP contribution in [-0.2, 0) is 6.54 Å². The first-order valence-corrected chi connectivity index (χ1v) is 7.07. The van der Waals surface area contributed by atoms with Gasteiger partial charge in [0.15, 0.2) is 0 Å². The summed E-state index contributed by atoms with van der Waals surface area (Å²) in [5.74, 6) is 2.43. The van der Waals surface area contributed by atoms with Gasteiger partial charge in [-0.3, -0.25) is 4.90 Å². The summed E-state index contributed by atoms with van der Waals surface area (Å²) in [5.41, 5.74) is 1.48. The summed E-state index contributed by atoms with van der Waals surface area (Å²) in [6, 6.07) is 1.29. The number of piperazine rings is 1. The molecular weight excluding hydrogens is 315 g/mol. The van der Waals surface area contributed by atoms with E-state index in [-0.39, 0.29) is 56.9 Å². The number of terminal acetylenes is 1. The van der Waals surface area contributed by atoms with E-state index in [1.54, 1.807) is 0 Å². The fraction of sp³-hybridized carbons (Fsp3) is 0.467. The molecule has 1 heterocycles. The molecule has 1 aliphatic rings. The van der Waals surface area contributed by atoms with Crippen LogP contribution >= 0.6 is 0 Å². The SMILES string of the molecule is C#Cc1c(C)c(CN2CCNCC2)cc([B-](F)(F)F)c1C.[K+]. The molecule has 1 aromatic carbocycles. The summed E-state index contributed by atoms with van der Waals surface area (Å²) in [6.45, 7) is 2.14. The van der Waals surface area contributed by atoms with Crippen molar-refractivity contribution in [2.24, 2.45) is 0 Å². The molecule has 1 saturated heterocycles. The van der Waals surface area contributed by atoms with E-state index in [1.165, 1.54) is 13.0 Å². The van der Waals surface area contributed by atoms with E-state index in [0.29, 0.717) is 17.7 Å². The molecule has 0 unspecified atom stereocenters. The van der Waals surface area contributed by atoms with E-state index < -0.39 is 12.4 Å². The van der Waals surface area contributed by atoms with Gasteiger partial charge in [-0.25, -0.2) is 0 Å². The standard InChI is InChI=1S/C15H19BF3N2.K/c1-4-14-11(2)13(10-21-7-5-20-6-8-21)9-15(12(14)3)16(17,18)19;/h1,9,20H,5-8,10H2,2-3H3;/q-1;+1. The molecule has 2 nitrogen and oxygen atoms in total. The molecule has 0 aliphatic carbocycles. The molecule has 2 rings (SSSR count). The minimum atomic E-state index is -5.05. The Bertz CT molecular complexity index is 576. The molecule has 22 heavy (non-hydrogen) atoms. The maximum atomic E-state index is 13.2. The average molecular weight is 334 g/mol. The Labute approximate surface area is 172 Å². The van der Waals surface area contributed by atoms with E-state index in [9.17, 15) is 12.9 Å². The maximum absolute atomic E-state index is 13.2. The van der Waals surface area contributed by atoms with Crippen molar-refractivity contribution in [1.82, 2.24) is 10.2 Å². The van der Waals surface area contributed by atoms with Gasteiger partial charge in [0.2, 0.25) is 0 Å². The van der Waals surface area contributed by atoms with Gasteiger partial charge in [-0.15, -0.1) is 11.9 Å². The number of nitrogens with one attached hydrogen (secondary N) is 1. The summed E-state index contributed by atoms with van der Waals surface area (Å²) in [6.07, 6.45) is 5.43. The van der Waals surface area contributed by atoms with Crippen LogP contribution in [-0.4, -0.2) is 38.1 Å². The van der Waals surface area contributed by atoms with E-state index in [0.717, 1.165) is 31.7 Å². The van der Waals surface area contributed by atoms with Gasteiger partial charge in [-0.05, 0) is 25.0 Å². The Morgan fingerprint density at radius 1 is 1.23 bits per heavy atom. The van der Waals surface area contributed by atoms with Crippen molar-refractivity contribution in [3.8, 4) is 12.3 Å². The Morgan fingerprint density at radius 2 is 1.82 bits per heavy atom. The summed E-state index contributed by atoms with van der Waals surface area (Å²) in [4.78, 5) is 2.15. The van der Waals surface area contributed by atoms with Crippen LogP contribution in [0, 0.1) is 26.2 Å². The van der Waals surface area contributed by atoms with E-state index in [2.05, 4.69) is 16.1 Å². The first-order chi connectivity index (χ1) is 9.84. The summed E-state index contributed by atoms with van der Waals surface area (Å²) >= 11 is 0. The van der Waals surface area contributed by atoms with Gasteiger partial charge in [0.1, 0.15) is 0 Å². The number of hydrogen-bond donors (Lipinski definition) is 1. The predicted octanol–water partition coefficient (Wildman–Crippen LogP) is -1.25. The van der Waals surface area contributed by atoms with Gasteiger partial charge in [-0.2, -0.15) is 0 Å². The molecule has 114 valence electrons.